The van der Waals surface area contributed by atoms with E-state index in [1.165, 1.54) is 10.5 Å². The van der Waals surface area contributed by atoms with Gasteiger partial charge in [-0.3, -0.25) is 9.59 Å². The first-order valence-electron chi connectivity index (χ1n) is 7.07. The molecule has 5 nitrogen and oxygen atoms in total. The molecule has 1 aliphatic heterocycles. The summed E-state index contributed by atoms with van der Waals surface area (Å²) in [5.74, 6) is -1.06. The molecule has 1 aliphatic rings. The van der Waals surface area contributed by atoms with Gasteiger partial charge in [0.05, 0.1) is 0 Å². The highest BCUT2D eigenvalue weighted by molar-refractivity contribution is 5.82. The molecule has 0 fully saturated rings. The van der Waals surface area contributed by atoms with Crippen LogP contribution >= 0.6 is 0 Å². The highest BCUT2D eigenvalue weighted by Gasteiger charge is 2.19. The molecule has 21 heavy (non-hydrogen) atoms. The molecule has 0 radical (unpaired) electrons. The molecule has 0 saturated heterocycles. The third-order valence-corrected chi connectivity index (χ3v) is 3.39. The van der Waals surface area contributed by atoms with Crippen LogP contribution in [0.15, 0.2) is 42.0 Å². The van der Waals surface area contributed by atoms with Gasteiger partial charge in [-0.25, -0.2) is 0 Å². The van der Waals surface area contributed by atoms with Gasteiger partial charge < -0.3 is 15.3 Å². The van der Waals surface area contributed by atoms with E-state index in [4.69, 9.17) is 5.11 Å². The van der Waals surface area contributed by atoms with Crippen molar-refractivity contribution in [2.24, 2.45) is 0 Å². The van der Waals surface area contributed by atoms with E-state index in [0.29, 0.717) is 25.9 Å². The number of benzene rings is 1. The third-order valence-electron chi connectivity index (χ3n) is 3.39. The van der Waals surface area contributed by atoms with Crippen molar-refractivity contribution in [3.63, 3.8) is 0 Å². The molecule has 1 amide bonds. The van der Waals surface area contributed by atoms with E-state index < -0.39 is 5.97 Å². The fourth-order valence-corrected chi connectivity index (χ4v) is 2.35. The molecule has 5 heteroatoms. The number of carboxylic acids is 1. The maximum absolute atomic E-state index is 11.8. The number of nitrogens with zero attached hydrogens (tertiary/aromatic N) is 1. The molecule has 0 aromatic heterocycles. The number of carbonyl (C=O) groups is 2. The molecule has 1 heterocycles. The number of hydrogen-bond acceptors (Lipinski definition) is 3. The van der Waals surface area contributed by atoms with Gasteiger partial charge in [-0.05, 0) is 17.6 Å². The fraction of sp³-hybridized carbons (Fsp3) is 0.375. The monoisotopic (exact) mass is 288 g/mol. The normalized spacial score (nSPS) is 15.5. The Balaban J connectivity index is 1.85. The van der Waals surface area contributed by atoms with Crippen LogP contribution in [0.5, 0.6) is 0 Å². The van der Waals surface area contributed by atoms with Crippen molar-refractivity contribution in [2.75, 3.05) is 19.6 Å². The van der Waals surface area contributed by atoms with Crippen LogP contribution in [0.2, 0.25) is 0 Å². The molecule has 0 saturated carbocycles. The van der Waals surface area contributed by atoms with Crippen LogP contribution in [0.3, 0.4) is 0 Å². The van der Waals surface area contributed by atoms with E-state index in [1.54, 1.807) is 0 Å². The number of amides is 1. The predicted molar refractivity (Wildman–Crippen MR) is 79.7 cm³/mol. The van der Waals surface area contributed by atoms with E-state index in [1.807, 2.05) is 24.3 Å². The van der Waals surface area contributed by atoms with E-state index in [0.717, 1.165) is 12.1 Å². The average Bonchev–Trinajstić information content (AvgIpc) is 2.62. The van der Waals surface area contributed by atoms with Crippen LogP contribution < -0.4 is 5.32 Å². The first-order chi connectivity index (χ1) is 10.1. The van der Waals surface area contributed by atoms with Crippen LogP contribution in [0.25, 0.3) is 0 Å². The summed E-state index contributed by atoms with van der Waals surface area (Å²) in [7, 11) is 0. The van der Waals surface area contributed by atoms with E-state index in [-0.39, 0.29) is 12.5 Å². The van der Waals surface area contributed by atoms with Crippen molar-refractivity contribution in [3.05, 3.63) is 47.5 Å². The van der Waals surface area contributed by atoms with Gasteiger partial charge in [0.15, 0.2) is 0 Å². The van der Waals surface area contributed by atoms with Crippen molar-refractivity contribution >= 4 is 11.9 Å². The molecule has 1 aromatic carbocycles. The number of hydrogen-bond donors (Lipinski definition) is 2. The molecule has 2 N–H and O–H groups in total. The van der Waals surface area contributed by atoms with Crippen LogP contribution in [0, 0.1) is 0 Å². The summed E-state index contributed by atoms with van der Waals surface area (Å²) in [5, 5.41) is 12.2. The summed E-state index contributed by atoms with van der Waals surface area (Å²) >= 11 is 0. The lowest BCUT2D eigenvalue weighted by Gasteiger charge is -2.20. The van der Waals surface area contributed by atoms with Gasteiger partial charge in [-0.1, -0.05) is 36.4 Å². The Bertz CT molecular complexity index is 526. The third kappa shape index (κ3) is 5.04. The number of rotatable bonds is 6. The maximum atomic E-state index is 11.8. The Morgan fingerprint density at radius 2 is 2.00 bits per heavy atom. The molecular formula is C16H20N2O3. The second-order valence-electron chi connectivity index (χ2n) is 5.13. The topological polar surface area (TPSA) is 69.6 Å². The molecule has 0 atom stereocenters. The highest BCUT2D eigenvalue weighted by Crippen LogP contribution is 2.11. The number of nitrogens with one attached hydrogen (secondary N) is 1. The zero-order valence-electron chi connectivity index (χ0n) is 11.9. The van der Waals surface area contributed by atoms with E-state index >= 15 is 0 Å². The summed E-state index contributed by atoms with van der Waals surface area (Å²) in [4.78, 5) is 24.0. The Labute approximate surface area is 124 Å². The molecule has 1 aromatic rings. The van der Waals surface area contributed by atoms with Crippen molar-refractivity contribution in [3.8, 4) is 0 Å². The highest BCUT2D eigenvalue weighted by atomic mass is 16.4. The summed E-state index contributed by atoms with van der Waals surface area (Å²) < 4.78 is 0. The second kappa shape index (κ2) is 7.59. The molecule has 0 spiro atoms. The largest absolute Gasteiger partial charge is 0.480 e. The SMILES string of the molecule is O=C(O)CN1CC(CNCc2ccccc2)=CCCC1=O. The Hall–Kier alpha value is -2.14. The lowest BCUT2D eigenvalue weighted by molar-refractivity contribution is -0.144. The quantitative estimate of drug-likeness (QED) is 0.777. The summed E-state index contributed by atoms with van der Waals surface area (Å²) in [5.41, 5.74) is 2.27. The molecule has 0 bridgehead atoms. The maximum Gasteiger partial charge on any atom is 0.323 e. The van der Waals surface area contributed by atoms with Crippen molar-refractivity contribution < 1.29 is 14.7 Å². The first kappa shape index (κ1) is 15.3. The van der Waals surface area contributed by atoms with Gasteiger partial charge in [0.1, 0.15) is 6.54 Å². The van der Waals surface area contributed by atoms with Gasteiger partial charge in [0.25, 0.3) is 0 Å². The first-order valence-corrected chi connectivity index (χ1v) is 7.07. The van der Waals surface area contributed by atoms with Gasteiger partial charge in [0.2, 0.25) is 5.91 Å². The Kier molecular flexibility index (Phi) is 5.51. The zero-order chi connectivity index (χ0) is 15.1. The molecule has 0 aliphatic carbocycles. The lowest BCUT2D eigenvalue weighted by atomic mass is 10.2. The van der Waals surface area contributed by atoms with E-state index in [2.05, 4.69) is 17.4 Å². The molecular weight excluding hydrogens is 268 g/mol. The van der Waals surface area contributed by atoms with Crippen molar-refractivity contribution in [2.45, 2.75) is 19.4 Å². The Morgan fingerprint density at radius 1 is 1.24 bits per heavy atom. The standard InChI is InChI=1S/C16H20N2O3/c19-15-8-4-7-14(11-18(15)12-16(20)21)10-17-9-13-5-2-1-3-6-13/h1-3,5-7,17H,4,8-12H2,(H,20,21). The zero-order valence-corrected chi connectivity index (χ0v) is 11.9. The van der Waals surface area contributed by atoms with Crippen molar-refractivity contribution in [1.29, 1.82) is 0 Å². The fourth-order valence-electron chi connectivity index (χ4n) is 2.35. The molecule has 0 unspecified atom stereocenters. The number of allylic oxidation sites excluding steroid dienone is 1. The lowest BCUT2D eigenvalue weighted by Crippen LogP contribution is -2.37. The van der Waals surface area contributed by atoms with Crippen LogP contribution in [-0.2, 0) is 16.1 Å². The number of aliphatic carboxylic acids is 1. The van der Waals surface area contributed by atoms with Gasteiger partial charge in [-0.15, -0.1) is 0 Å². The van der Waals surface area contributed by atoms with Gasteiger partial charge in [0, 0.05) is 26.1 Å². The summed E-state index contributed by atoms with van der Waals surface area (Å²) in [6.07, 6.45) is 3.10. The number of carbonyl (C=O) groups excluding carboxylic acids is 1. The second-order valence-corrected chi connectivity index (χ2v) is 5.13. The van der Waals surface area contributed by atoms with Crippen LogP contribution in [0.4, 0.5) is 0 Å². The minimum atomic E-state index is -0.971. The minimum Gasteiger partial charge on any atom is -0.480 e. The molecule has 112 valence electrons. The van der Waals surface area contributed by atoms with E-state index in [9.17, 15) is 9.59 Å². The molecule has 2 rings (SSSR count). The predicted octanol–water partition coefficient (Wildman–Crippen LogP) is 1.41. The smallest absolute Gasteiger partial charge is 0.323 e. The van der Waals surface area contributed by atoms with Crippen LogP contribution in [0.1, 0.15) is 18.4 Å². The average molecular weight is 288 g/mol. The van der Waals surface area contributed by atoms with Gasteiger partial charge in [-0.2, -0.15) is 0 Å². The van der Waals surface area contributed by atoms with Crippen LogP contribution in [-0.4, -0.2) is 41.5 Å². The summed E-state index contributed by atoms with van der Waals surface area (Å²) in [6, 6.07) is 10.1. The summed E-state index contributed by atoms with van der Waals surface area (Å²) in [6.45, 7) is 1.59. The van der Waals surface area contributed by atoms with Crippen molar-refractivity contribution in [1.82, 2.24) is 10.2 Å². The minimum absolute atomic E-state index is 0.0910. The Morgan fingerprint density at radius 3 is 2.71 bits per heavy atom. The van der Waals surface area contributed by atoms with Gasteiger partial charge >= 0.3 is 5.97 Å². The number of carboxylic acid groups (broad SMARTS) is 1.